The molecule has 1 aliphatic rings. The number of hydrogen-bond acceptors (Lipinski definition) is 1. The largest absolute Gasteiger partial charge is 0.416 e. The minimum absolute atomic E-state index is 0.00306. The number of alkyl halides is 3. The molecule has 4 heteroatoms. The predicted molar refractivity (Wildman–Crippen MR) is 93.4 cm³/mol. The second-order valence-electron chi connectivity index (χ2n) is 6.26. The number of anilines is 1. The third-order valence-corrected chi connectivity index (χ3v) is 4.61. The maximum atomic E-state index is 12.9. The van der Waals surface area contributed by atoms with Crippen LogP contribution in [0.5, 0.6) is 0 Å². The Morgan fingerprint density at radius 3 is 2.16 bits per heavy atom. The minimum Gasteiger partial charge on any atom is -0.378 e. The summed E-state index contributed by atoms with van der Waals surface area (Å²) < 4.78 is 38.6. The van der Waals surface area contributed by atoms with Gasteiger partial charge in [0.2, 0.25) is 0 Å². The molecule has 0 spiro atoms. The second kappa shape index (κ2) is 5.96. The molecule has 1 heterocycles. The van der Waals surface area contributed by atoms with Crippen molar-refractivity contribution < 1.29 is 13.2 Å². The molecule has 0 saturated heterocycles. The lowest BCUT2D eigenvalue weighted by Gasteiger charge is -2.12. The molecule has 3 aromatic carbocycles. The highest BCUT2D eigenvalue weighted by Gasteiger charge is 2.32. The van der Waals surface area contributed by atoms with E-state index in [9.17, 15) is 13.2 Å². The summed E-state index contributed by atoms with van der Waals surface area (Å²) in [6.07, 6.45) is -3.74. The average molecular weight is 339 g/mol. The molecule has 0 radical (unpaired) electrons. The molecule has 0 fully saturated rings. The average Bonchev–Trinajstić information content (AvgIpc) is 3.05. The Morgan fingerprint density at radius 2 is 1.48 bits per heavy atom. The number of nitrogens with one attached hydrogen (secondary N) is 1. The number of rotatable bonds is 2. The van der Waals surface area contributed by atoms with Crippen molar-refractivity contribution in [3.8, 4) is 11.1 Å². The van der Waals surface area contributed by atoms with Crippen LogP contribution in [0.2, 0.25) is 0 Å². The fraction of sp³-hybridized carbons (Fsp3) is 0.143. The van der Waals surface area contributed by atoms with E-state index in [-0.39, 0.29) is 6.04 Å². The van der Waals surface area contributed by atoms with Crippen molar-refractivity contribution in [1.82, 2.24) is 0 Å². The van der Waals surface area contributed by atoms with E-state index in [1.165, 1.54) is 12.1 Å². The normalized spacial score (nSPS) is 16.4. The maximum Gasteiger partial charge on any atom is 0.416 e. The zero-order valence-electron chi connectivity index (χ0n) is 13.3. The van der Waals surface area contributed by atoms with Crippen molar-refractivity contribution in [2.24, 2.45) is 0 Å². The topological polar surface area (TPSA) is 12.0 Å². The van der Waals surface area contributed by atoms with Gasteiger partial charge in [0.1, 0.15) is 0 Å². The Morgan fingerprint density at radius 1 is 0.800 bits per heavy atom. The highest BCUT2D eigenvalue weighted by atomic mass is 19.4. The van der Waals surface area contributed by atoms with Crippen LogP contribution in [0.15, 0.2) is 72.8 Å². The zero-order valence-corrected chi connectivity index (χ0v) is 13.3. The van der Waals surface area contributed by atoms with Gasteiger partial charge in [-0.3, -0.25) is 0 Å². The first-order valence-corrected chi connectivity index (χ1v) is 8.13. The lowest BCUT2D eigenvalue weighted by atomic mass is 9.98. The van der Waals surface area contributed by atoms with Gasteiger partial charge in [0.05, 0.1) is 11.6 Å². The summed E-state index contributed by atoms with van der Waals surface area (Å²) in [6.45, 7) is 0. The molecule has 0 bridgehead atoms. The van der Waals surface area contributed by atoms with E-state index in [2.05, 4.69) is 29.6 Å². The summed E-state index contributed by atoms with van der Waals surface area (Å²) in [5.41, 5.74) is 4.25. The molecule has 0 saturated carbocycles. The summed E-state index contributed by atoms with van der Waals surface area (Å²) in [5, 5.41) is 3.32. The van der Waals surface area contributed by atoms with Crippen LogP contribution in [0.4, 0.5) is 18.9 Å². The van der Waals surface area contributed by atoms with Crippen LogP contribution in [0.1, 0.15) is 22.7 Å². The van der Waals surface area contributed by atoms with Gasteiger partial charge in [-0.1, -0.05) is 54.6 Å². The highest BCUT2D eigenvalue weighted by molar-refractivity contribution is 5.65. The number of benzene rings is 3. The standard InChI is InChI=1S/C21H16F3N/c22-21(23,24)18-10-11-19-17(12-18)13-20(25-19)16-8-6-15(7-9-16)14-4-2-1-3-5-14/h1-12,20,25H,13H2. The van der Waals surface area contributed by atoms with Gasteiger partial charge in [0.15, 0.2) is 0 Å². The maximum absolute atomic E-state index is 12.9. The first-order chi connectivity index (χ1) is 12.0. The summed E-state index contributed by atoms with van der Waals surface area (Å²) in [5.74, 6) is 0. The Kier molecular flexibility index (Phi) is 3.75. The van der Waals surface area contributed by atoms with Crippen LogP contribution in [-0.2, 0) is 12.6 Å². The molecule has 0 aliphatic carbocycles. The first-order valence-electron chi connectivity index (χ1n) is 8.13. The van der Waals surface area contributed by atoms with E-state index >= 15 is 0 Å². The lowest BCUT2D eigenvalue weighted by Crippen LogP contribution is -2.05. The molecular weight excluding hydrogens is 323 g/mol. The first kappa shape index (κ1) is 15.8. The highest BCUT2D eigenvalue weighted by Crippen LogP contribution is 2.38. The molecule has 126 valence electrons. The van der Waals surface area contributed by atoms with E-state index in [4.69, 9.17) is 0 Å². The van der Waals surface area contributed by atoms with E-state index in [0.717, 1.165) is 28.4 Å². The quantitative estimate of drug-likeness (QED) is 0.596. The summed E-state index contributed by atoms with van der Waals surface area (Å²) >= 11 is 0. The van der Waals surface area contributed by atoms with E-state index in [0.29, 0.717) is 12.0 Å². The smallest absolute Gasteiger partial charge is 0.378 e. The van der Waals surface area contributed by atoms with Crippen molar-refractivity contribution in [1.29, 1.82) is 0 Å². The molecule has 1 nitrogen and oxygen atoms in total. The van der Waals surface area contributed by atoms with Gasteiger partial charge in [-0.15, -0.1) is 0 Å². The van der Waals surface area contributed by atoms with E-state index in [1.54, 1.807) is 0 Å². The Hall–Kier alpha value is -2.75. The molecule has 0 aromatic heterocycles. The van der Waals surface area contributed by atoms with Crippen LogP contribution in [-0.4, -0.2) is 0 Å². The fourth-order valence-electron chi connectivity index (χ4n) is 3.28. The van der Waals surface area contributed by atoms with Gasteiger partial charge in [0.25, 0.3) is 0 Å². The monoisotopic (exact) mass is 339 g/mol. The van der Waals surface area contributed by atoms with Crippen LogP contribution in [0, 0.1) is 0 Å². The summed E-state index contributed by atoms with van der Waals surface area (Å²) in [6, 6.07) is 22.2. The summed E-state index contributed by atoms with van der Waals surface area (Å²) in [4.78, 5) is 0. The number of hydrogen-bond donors (Lipinski definition) is 1. The molecule has 0 amide bonds. The third kappa shape index (κ3) is 3.12. The summed E-state index contributed by atoms with van der Waals surface area (Å²) in [7, 11) is 0. The van der Waals surface area contributed by atoms with Gasteiger partial charge in [-0.25, -0.2) is 0 Å². The Balaban J connectivity index is 1.56. The Bertz CT molecular complexity index is 883. The lowest BCUT2D eigenvalue weighted by molar-refractivity contribution is -0.137. The van der Waals surface area contributed by atoms with Crippen LogP contribution < -0.4 is 5.32 Å². The van der Waals surface area contributed by atoms with E-state index in [1.807, 2.05) is 30.3 Å². The van der Waals surface area contributed by atoms with Crippen LogP contribution >= 0.6 is 0 Å². The number of halogens is 3. The van der Waals surface area contributed by atoms with Crippen LogP contribution in [0.3, 0.4) is 0 Å². The molecule has 1 atom stereocenters. The van der Waals surface area contributed by atoms with Gasteiger partial charge in [-0.05, 0) is 46.9 Å². The molecule has 25 heavy (non-hydrogen) atoms. The minimum atomic E-state index is -4.30. The molecule has 3 aromatic rings. The van der Waals surface area contributed by atoms with Crippen LogP contribution in [0.25, 0.3) is 11.1 Å². The van der Waals surface area contributed by atoms with E-state index < -0.39 is 11.7 Å². The van der Waals surface area contributed by atoms with Crippen molar-refractivity contribution in [3.05, 3.63) is 89.5 Å². The molecule has 4 rings (SSSR count). The van der Waals surface area contributed by atoms with Gasteiger partial charge >= 0.3 is 6.18 Å². The number of fused-ring (bicyclic) bond motifs is 1. The fourth-order valence-corrected chi connectivity index (χ4v) is 3.28. The van der Waals surface area contributed by atoms with Crippen molar-refractivity contribution >= 4 is 5.69 Å². The Labute approximate surface area is 144 Å². The van der Waals surface area contributed by atoms with Crippen molar-refractivity contribution in [2.75, 3.05) is 5.32 Å². The van der Waals surface area contributed by atoms with Crippen molar-refractivity contribution in [3.63, 3.8) is 0 Å². The molecule has 1 N–H and O–H groups in total. The molecule has 1 aliphatic heterocycles. The zero-order chi connectivity index (χ0) is 17.4. The second-order valence-corrected chi connectivity index (χ2v) is 6.26. The molecular formula is C21H16F3N. The SMILES string of the molecule is FC(F)(F)c1ccc2c(c1)CC(c1ccc(-c3ccccc3)cc1)N2. The van der Waals surface area contributed by atoms with Gasteiger partial charge in [0, 0.05) is 5.69 Å². The molecule has 1 unspecified atom stereocenters. The van der Waals surface area contributed by atoms with Gasteiger partial charge < -0.3 is 5.32 Å². The van der Waals surface area contributed by atoms with Gasteiger partial charge in [-0.2, -0.15) is 13.2 Å². The third-order valence-electron chi connectivity index (χ3n) is 4.61. The van der Waals surface area contributed by atoms with Crippen molar-refractivity contribution in [2.45, 2.75) is 18.6 Å². The predicted octanol–water partition coefficient (Wildman–Crippen LogP) is 6.08.